The van der Waals surface area contributed by atoms with Crippen LogP contribution in [0.2, 0.25) is 0 Å². The topological polar surface area (TPSA) is 91.4 Å². The van der Waals surface area contributed by atoms with Gasteiger partial charge in [0.2, 0.25) is 0 Å². The van der Waals surface area contributed by atoms with Crippen molar-refractivity contribution in [3.05, 3.63) is 63.8 Å². The standard InChI is InChI=1S/C22H20N2O4S/c1-3-15(24-22(26)27)12-4-6-13(7-5-12)18-17(28-2)9-8-16-19(18)14-10-11-29-20(14)21(25)23-16/h4-11,15,24H,3H2,1-2H3,(H,23,25)(H,26,27). The molecule has 0 radical (unpaired) electrons. The maximum Gasteiger partial charge on any atom is 0.405 e. The summed E-state index contributed by atoms with van der Waals surface area (Å²) in [5.74, 6) is 0.709. The minimum absolute atomic E-state index is 0.0977. The summed E-state index contributed by atoms with van der Waals surface area (Å²) in [6.45, 7) is 1.94. The zero-order chi connectivity index (χ0) is 20.5. The highest BCUT2D eigenvalue weighted by Crippen LogP contribution is 2.40. The molecular weight excluding hydrogens is 388 g/mol. The Morgan fingerprint density at radius 2 is 1.97 bits per heavy atom. The lowest BCUT2D eigenvalue weighted by Gasteiger charge is -2.17. The van der Waals surface area contributed by atoms with Gasteiger partial charge in [-0.25, -0.2) is 4.79 Å². The summed E-state index contributed by atoms with van der Waals surface area (Å²) in [6.07, 6.45) is -0.388. The number of aromatic nitrogens is 1. The Morgan fingerprint density at radius 3 is 2.62 bits per heavy atom. The summed E-state index contributed by atoms with van der Waals surface area (Å²) in [5.41, 5.74) is 3.38. The van der Waals surface area contributed by atoms with E-state index >= 15 is 0 Å². The van der Waals surface area contributed by atoms with Crippen LogP contribution in [-0.2, 0) is 0 Å². The average molecular weight is 408 g/mol. The fourth-order valence-corrected chi connectivity index (χ4v) is 4.53. The third-order valence-electron chi connectivity index (χ3n) is 5.08. The lowest BCUT2D eigenvalue weighted by molar-refractivity contribution is 0.189. The van der Waals surface area contributed by atoms with E-state index in [1.54, 1.807) is 7.11 Å². The van der Waals surface area contributed by atoms with Crippen molar-refractivity contribution in [1.29, 1.82) is 0 Å². The van der Waals surface area contributed by atoms with Crippen LogP contribution in [0.5, 0.6) is 5.75 Å². The number of H-pyrrole nitrogens is 1. The van der Waals surface area contributed by atoms with Crippen LogP contribution in [-0.4, -0.2) is 23.3 Å². The molecule has 29 heavy (non-hydrogen) atoms. The molecule has 0 aliphatic heterocycles. The van der Waals surface area contributed by atoms with Crippen molar-refractivity contribution in [2.24, 2.45) is 0 Å². The number of carboxylic acid groups (broad SMARTS) is 1. The van der Waals surface area contributed by atoms with Gasteiger partial charge in [-0.3, -0.25) is 4.79 Å². The monoisotopic (exact) mass is 408 g/mol. The first-order valence-corrected chi connectivity index (χ1v) is 10.1. The molecule has 3 N–H and O–H groups in total. The minimum atomic E-state index is -1.04. The number of nitrogens with one attached hydrogen (secondary N) is 2. The van der Waals surface area contributed by atoms with Gasteiger partial charge in [0, 0.05) is 21.9 Å². The number of fused-ring (bicyclic) bond motifs is 3. The summed E-state index contributed by atoms with van der Waals surface area (Å²) in [7, 11) is 1.62. The highest BCUT2D eigenvalue weighted by molar-refractivity contribution is 7.17. The maximum absolute atomic E-state index is 12.4. The van der Waals surface area contributed by atoms with Gasteiger partial charge in [0.25, 0.3) is 5.56 Å². The molecule has 1 atom stereocenters. The second-order valence-electron chi connectivity index (χ2n) is 6.72. The minimum Gasteiger partial charge on any atom is -0.496 e. The summed E-state index contributed by atoms with van der Waals surface area (Å²) in [4.78, 5) is 26.4. The van der Waals surface area contributed by atoms with Crippen LogP contribution in [0.25, 0.3) is 32.1 Å². The normalized spacial score (nSPS) is 12.2. The molecule has 1 amide bonds. The number of ether oxygens (including phenoxy) is 1. The number of methoxy groups -OCH3 is 1. The fraction of sp³-hybridized carbons (Fsp3) is 0.182. The van der Waals surface area contributed by atoms with Crippen molar-refractivity contribution >= 4 is 38.4 Å². The van der Waals surface area contributed by atoms with Crippen molar-refractivity contribution < 1.29 is 14.6 Å². The van der Waals surface area contributed by atoms with Crippen LogP contribution in [0.3, 0.4) is 0 Å². The van der Waals surface area contributed by atoms with Crippen molar-refractivity contribution in [2.75, 3.05) is 7.11 Å². The van der Waals surface area contributed by atoms with Crippen molar-refractivity contribution in [3.8, 4) is 16.9 Å². The zero-order valence-corrected chi connectivity index (χ0v) is 16.8. The first-order chi connectivity index (χ1) is 14.0. The van der Waals surface area contributed by atoms with Crippen molar-refractivity contribution in [2.45, 2.75) is 19.4 Å². The lowest BCUT2D eigenvalue weighted by atomic mass is 9.95. The third-order valence-corrected chi connectivity index (χ3v) is 6.00. The molecule has 0 aliphatic rings. The van der Waals surface area contributed by atoms with E-state index in [0.29, 0.717) is 16.9 Å². The molecule has 0 saturated heterocycles. The Labute approximate surface area is 170 Å². The van der Waals surface area contributed by atoms with E-state index in [1.807, 2.05) is 54.8 Å². The Hall–Kier alpha value is -3.32. The molecule has 0 fully saturated rings. The smallest absolute Gasteiger partial charge is 0.405 e. The first kappa shape index (κ1) is 19.0. The Morgan fingerprint density at radius 1 is 1.21 bits per heavy atom. The highest BCUT2D eigenvalue weighted by atomic mass is 32.1. The molecule has 0 saturated carbocycles. The molecule has 2 aromatic carbocycles. The van der Waals surface area contributed by atoms with E-state index < -0.39 is 6.09 Å². The Bertz CT molecular complexity index is 1260. The van der Waals surface area contributed by atoms with Crippen molar-refractivity contribution in [3.63, 3.8) is 0 Å². The van der Waals surface area contributed by atoms with Crippen LogP contribution >= 0.6 is 11.3 Å². The summed E-state index contributed by atoms with van der Waals surface area (Å²) < 4.78 is 6.32. The summed E-state index contributed by atoms with van der Waals surface area (Å²) in [5, 5.41) is 15.3. The molecule has 7 heteroatoms. The summed E-state index contributed by atoms with van der Waals surface area (Å²) in [6, 6.07) is 13.2. The second-order valence-corrected chi connectivity index (χ2v) is 7.63. The summed E-state index contributed by atoms with van der Waals surface area (Å²) >= 11 is 1.41. The molecule has 2 heterocycles. The highest BCUT2D eigenvalue weighted by Gasteiger charge is 2.17. The third kappa shape index (κ3) is 3.34. The molecular formula is C22H20N2O4S. The quantitative estimate of drug-likeness (QED) is 0.426. The second kappa shape index (κ2) is 7.60. The number of carbonyl (C=O) groups is 1. The van der Waals surface area contributed by atoms with Crippen molar-refractivity contribution in [1.82, 2.24) is 10.3 Å². The van der Waals surface area contributed by atoms with Crippen LogP contribution in [0.15, 0.2) is 52.6 Å². The SMILES string of the molecule is CCC(NC(=O)O)c1ccc(-c2c(OC)ccc3[nH]c(=O)c4sccc4c23)cc1. The van der Waals surface area contributed by atoms with Gasteiger partial charge in [-0.05, 0) is 41.1 Å². The van der Waals surface area contributed by atoms with Crippen LogP contribution in [0, 0.1) is 0 Å². The Kier molecular flexibility index (Phi) is 4.98. The molecule has 6 nitrogen and oxygen atoms in total. The average Bonchev–Trinajstić information content (AvgIpc) is 3.22. The molecule has 0 aliphatic carbocycles. The number of rotatable bonds is 5. The van der Waals surface area contributed by atoms with Crippen LogP contribution in [0.4, 0.5) is 4.79 Å². The number of benzene rings is 2. The first-order valence-electron chi connectivity index (χ1n) is 9.23. The zero-order valence-electron chi connectivity index (χ0n) is 16.0. The van der Waals surface area contributed by atoms with Crippen LogP contribution < -0.4 is 15.6 Å². The fourth-order valence-electron chi connectivity index (χ4n) is 3.74. The molecule has 4 aromatic rings. The van der Waals surface area contributed by atoms with E-state index in [9.17, 15) is 9.59 Å². The number of aromatic amines is 1. The van der Waals surface area contributed by atoms with Gasteiger partial charge >= 0.3 is 6.09 Å². The molecule has 4 rings (SSSR count). The molecule has 1 unspecified atom stereocenters. The van der Waals surface area contributed by atoms with Gasteiger partial charge in [-0.1, -0.05) is 31.2 Å². The maximum atomic E-state index is 12.4. The predicted octanol–water partition coefficient (Wildman–Crippen LogP) is 5.14. The van der Waals surface area contributed by atoms with E-state index in [4.69, 9.17) is 9.84 Å². The number of hydrogen-bond donors (Lipinski definition) is 3. The Balaban J connectivity index is 1.92. The van der Waals surface area contributed by atoms with Gasteiger partial charge in [0.15, 0.2) is 0 Å². The lowest BCUT2D eigenvalue weighted by Crippen LogP contribution is -2.26. The largest absolute Gasteiger partial charge is 0.496 e. The molecule has 148 valence electrons. The van der Waals surface area contributed by atoms with Gasteiger partial charge in [0.1, 0.15) is 10.4 Å². The molecule has 2 aromatic heterocycles. The van der Waals surface area contributed by atoms with Gasteiger partial charge in [-0.15, -0.1) is 11.3 Å². The van der Waals surface area contributed by atoms with Crippen LogP contribution in [0.1, 0.15) is 24.9 Å². The molecule has 0 bridgehead atoms. The number of amides is 1. The van der Waals surface area contributed by atoms with E-state index in [-0.39, 0.29) is 11.6 Å². The van der Waals surface area contributed by atoms with E-state index in [1.165, 1.54) is 11.3 Å². The molecule has 0 spiro atoms. The number of hydrogen-bond acceptors (Lipinski definition) is 4. The van der Waals surface area contributed by atoms with E-state index in [2.05, 4.69) is 10.3 Å². The van der Waals surface area contributed by atoms with Gasteiger partial charge in [-0.2, -0.15) is 0 Å². The van der Waals surface area contributed by atoms with E-state index in [0.717, 1.165) is 33.0 Å². The van der Waals surface area contributed by atoms with Gasteiger partial charge in [0.05, 0.1) is 13.2 Å². The number of thiophene rings is 1. The number of pyridine rings is 1. The predicted molar refractivity (Wildman–Crippen MR) is 116 cm³/mol. The van der Waals surface area contributed by atoms with Gasteiger partial charge < -0.3 is 20.1 Å².